The number of carbonyl (C=O) groups excluding carboxylic acids is 3. The topological polar surface area (TPSA) is 98.5 Å². The van der Waals surface area contributed by atoms with Gasteiger partial charge in [0.2, 0.25) is 11.0 Å². The first kappa shape index (κ1) is 20.0. The van der Waals surface area contributed by atoms with Gasteiger partial charge < -0.3 is 15.8 Å². The molecule has 3 N–H and O–H groups in total. The Bertz CT molecular complexity index is 422. The molecule has 1 aliphatic rings. The number of nitrogens with one attached hydrogen (secondary N) is 1. The van der Waals surface area contributed by atoms with Crippen LogP contribution < -0.4 is 11.1 Å². The number of amides is 1. The van der Waals surface area contributed by atoms with Gasteiger partial charge in [0.1, 0.15) is 12.1 Å². The summed E-state index contributed by atoms with van der Waals surface area (Å²) in [5.41, 5.74) is 5.80. The van der Waals surface area contributed by atoms with E-state index < -0.39 is 18.1 Å². The lowest BCUT2D eigenvalue weighted by molar-refractivity contribution is -0.153. The fraction of sp³-hybridized carbons (Fsp3) is 0.812. The SMILES string of the molecule is CC(=O)N[C@@H](CSC(=O)[C@@H](N)C(C)C)C(=O)OC1CCCCC1. The molecule has 7 heteroatoms. The van der Waals surface area contributed by atoms with Crippen LogP contribution in [0.3, 0.4) is 0 Å². The second-order valence-electron chi connectivity index (χ2n) is 6.35. The van der Waals surface area contributed by atoms with Gasteiger partial charge in [-0.15, -0.1) is 0 Å². The molecule has 0 radical (unpaired) electrons. The van der Waals surface area contributed by atoms with Crippen molar-refractivity contribution in [2.75, 3.05) is 5.75 Å². The summed E-state index contributed by atoms with van der Waals surface area (Å²) in [6.07, 6.45) is 4.93. The highest BCUT2D eigenvalue weighted by Crippen LogP contribution is 2.21. The van der Waals surface area contributed by atoms with Crippen LogP contribution in [0.4, 0.5) is 0 Å². The largest absolute Gasteiger partial charge is 0.461 e. The van der Waals surface area contributed by atoms with E-state index in [0.29, 0.717) is 0 Å². The van der Waals surface area contributed by atoms with Crippen LogP contribution in [0.5, 0.6) is 0 Å². The third kappa shape index (κ3) is 7.35. The van der Waals surface area contributed by atoms with Gasteiger partial charge in [0.25, 0.3) is 0 Å². The molecule has 0 aliphatic heterocycles. The van der Waals surface area contributed by atoms with Crippen molar-refractivity contribution >= 4 is 28.8 Å². The van der Waals surface area contributed by atoms with Crippen LogP contribution in [-0.2, 0) is 19.1 Å². The van der Waals surface area contributed by atoms with E-state index in [1.807, 2.05) is 13.8 Å². The Balaban J connectivity index is 2.55. The van der Waals surface area contributed by atoms with Crippen molar-refractivity contribution in [3.63, 3.8) is 0 Å². The summed E-state index contributed by atoms with van der Waals surface area (Å²) >= 11 is 0.974. The Morgan fingerprint density at radius 2 is 1.83 bits per heavy atom. The van der Waals surface area contributed by atoms with Crippen molar-refractivity contribution < 1.29 is 19.1 Å². The number of ether oxygens (including phenoxy) is 1. The summed E-state index contributed by atoms with van der Waals surface area (Å²) in [7, 11) is 0. The minimum atomic E-state index is -0.817. The van der Waals surface area contributed by atoms with E-state index >= 15 is 0 Å². The van der Waals surface area contributed by atoms with E-state index in [2.05, 4.69) is 5.32 Å². The van der Waals surface area contributed by atoms with Gasteiger partial charge in [-0.2, -0.15) is 0 Å². The molecule has 0 unspecified atom stereocenters. The van der Waals surface area contributed by atoms with Crippen LogP contribution in [0.15, 0.2) is 0 Å². The highest BCUT2D eigenvalue weighted by molar-refractivity contribution is 8.13. The van der Waals surface area contributed by atoms with Crippen molar-refractivity contribution in [1.29, 1.82) is 0 Å². The molecule has 0 spiro atoms. The van der Waals surface area contributed by atoms with Crippen LogP contribution in [0.2, 0.25) is 0 Å². The smallest absolute Gasteiger partial charge is 0.329 e. The average molecular weight is 344 g/mol. The fourth-order valence-corrected chi connectivity index (χ4v) is 3.39. The Kier molecular flexibility index (Phi) is 8.62. The summed E-state index contributed by atoms with van der Waals surface area (Å²) in [5, 5.41) is 2.39. The van der Waals surface area contributed by atoms with Gasteiger partial charge in [0.05, 0.1) is 6.04 Å². The minimum absolute atomic E-state index is 0.0309. The second-order valence-corrected chi connectivity index (χ2v) is 7.37. The van der Waals surface area contributed by atoms with Gasteiger partial charge in [-0.3, -0.25) is 9.59 Å². The van der Waals surface area contributed by atoms with Crippen LogP contribution >= 0.6 is 11.8 Å². The predicted molar refractivity (Wildman–Crippen MR) is 90.8 cm³/mol. The van der Waals surface area contributed by atoms with Crippen LogP contribution in [-0.4, -0.2) is 40.9 Å². The molecular weight excluding hydrogens is 316 g/mol. The molecule has 0 heterocycles. The van der Waals surface area contributed by atoms with Crippen molar-refractivity contribution in [3.05, 3.63) is 0 Å². The van der Waals surface area contributed by atoms with E-state index in [0.717, 1.165) is 37.4 Å². The molecule has 0 aromatic carbocycles. The summed E-state index contributed by atoms with van der Waals surface area (Å²) in [6.45, 7) is 5.07. The maximum absolute atomic E-state index is 12.3. The Morgan fingerprint density at radius 3 is 2.35 bits per heavy atom. The van der Waals surface area contributed by atoms with E-state index in [1.165, 1.54) is 13.3 Å². The zero-order chi connectivity index (χ0) is 17.4. The zero-order valence-electron chi connectivity index (χ0n) is 14.2. The molecule has 0 saturated heterocycles. The molecule has 1 saturated carbocycles. The maximum Gasteiger partial charge on any atom is 0.329 e. The first-order chi connectivity index (χ1) is 10.8. The Labute approximate surface area is 142 Å². The standard InChI is InChI=1S/C16H28N2O4S/c1-10(2)14(17)16(21)23-9-13(18-11(3)19)15(20)22-12-7-5-4-6-8-12/h10,12-14H,4-9,17H2,1-3H3,(H,18,19)/t13-,14-/m0/s1. The third-order valence-electron chi connectivity index (χ3n) is 3.88. The lowest BCUT2D eigenvalue weighted by atomic mass is 9.98. The Hall–Kier alpha value is -1.08. The number of thioether (sulfide) groups is 1. The third-order valence-corrected chi connectivity index (χ3v) is 4.94. The average Bonchev–Trinajstić information content (AvgIpc) is 2.50. The molecule has 132 valence electrons. The first-order valence-electron chi connectivity index (χ1n) is 8.21. The van der Waals surface area contributed by atoms with Crippen molar-refractivity contribution in [2.24, 2.45) is 11.7 Å². The molecule has 0 bridgehead atoms. The second kappa shape index (κ2) is 9.93. The van der Waals surface area contributed by atoms with Gasteiger partial charge in [0, 0.05) is 12.7 Å². The van der Waals surface area contributed by atoms with Gasteiger partial charge >= 0.3 is 5.97 Å². The van der Waals surface area contributed by atoms with Gasteiger partial charge in [-0.05, 0) is 31.6 Å². The summed E-state index contributed by atoms with van der Waals surface area (Å²) < 4.78 is 5.49. The molecule has 0 aromatic rings. The summed E-state index contributed by atoms with van der Waals surface area (Å²) in [6, 6.07) is -1.39. The number of hydrogen-bond acceptors (Lipinski definition) is 6. The van der Waals surface area contributed by atoms with E-state index in [1.54, 1.807) is 0 Å². The predicted octanol–water partition coefficient (Wildman–Crippen LogP) is 1.61. The van der Waals surface area contributed by atoms with Gasteiger partial charge in [-0.1, -0.05) is 32.0 Å². The normalized spacial score (nSPS) is 18.3. The number of carbonyl (C=O) groups is 3. The van der Waals surface area contributed by atoms with E-state index in [9.17, 15) is 14.4 Å². The number of esters is 1. The maximum atomic E-state index is 12.3. The number of hydrogen-bond donors (Lipinski definition) is 2. The number of rotatable bonds is 7. The summed E-state index contributed by atoms with van der Waals surface area (Å²) in [5.74, 6) is -0.615. The Morgan fingerprint density at radius 1 is 1.22 bits per heavy atom. The van der Waals surface area contributed by atoms with Gasteiger partial charge in [-0.25, -0.2) is 4.79 Å². The fourth-order valence-electron chi connectivity index (χ4n) is 2.38. The molecule has 1 amide bonds. The first-order valence-corrected chi connectivity index (χ1v) is 9.19. The van der Waals surface area contributed by atoms with Gasteiger partial charge in [0.15, 0.2) is 0 Å². The molecule has 0 aromatic heterocycles. The molecule has 23 heavy (non-hydrogen) atoms. The van der Waals surface area contributed by atoms with Crippen LogP contribution in [0.25, 0.3) is 0 Å². The quantitative estimate of drug-likeness (QED) is 0.681. The molecule has 6 nitrogen and oxygen atoms in total. The molecule has 1 fully saturated rings. The molecule has 1 rings (SSSR count). The summed E-state index contributed by atoms with van der Waals surface area (Å²) in [4.78, 5) is 35.5. The molecule has 1 aliphatic carbocycles. The minimum Gasteiger partial charge on any atom is -0.461 e. The zero-order valence-corrected chi connectivity index (χ0v) is 15.0. The molecular formula is C16H28N2O4S. The van der Waals surface area contributed by atoms with Crippen LogP contribution in [0, 0.1) is 5.92 Å². The highest BCUT2D eigenvalue weighted by atomic mass is 32.2. The molecule has 2 atom stereocenters. The lowest BCUT2D eigenvalue weighted by Gasteiger charge is -2.25. The highest BCUT2D eigenvalue weighted by Gasteiger charge is 2.27. The van der Waals surface area contributed by atoms with E-state index in [-0.39, 0.29) is 28.8 Å². The van der Waals surface area contributed by atoms with E-state index in [4.69, 9.17) is 10.5 Å². The van der Waals surface area contributed by atoms with Crippen molar-refractivity contribution in [1.82, 2.24) is 5.32 Å². The van der Waals surface area contributed by atoms with Crippen LogP contribution in [0.1, 0.15) is 52.9 Å². The number of nitrogens with two attached hydrogens (primary N) is 1. The monoisotopic (exact) mass is 344 g/mol. The van der Waals surface area contributed by atoms with Crippen molar-refractivity contribution in [2.45, 2.75) is 71.1 Å². The van der Waals surface area contributed by atoms with Crippen molar-refractivity contribution in [3.8, 4) is 0 Å². The lowest BCUT2D eigenvalue weighted by Crippen LogP contribution is -2.45.